The van der Waals surface area contributed by atoms with Gasteiger partial charge in [0.25, 0.3) is 5.91 Å². The van der Waals surface area contributed by atoms with Crippen LogP contribution in [0.1, 0.15) is 41.2 Å². The first-order valence-electron chi connectivity index (χ1n) is 9.94. The maximum absolute atomic E-state index is 13.2. The predicted octanol–water partition coefficient (Wildman–Crippen LogP) is 5.06. The molecule has 1 atom stereocenters. The van der Waals surface area contributed by atoms with E-state index in [4.69, 9.17) is 0 Å². The summed E-state index contributed by atoms with van der Waals surface area (Å²) in [6.45, 7) is 0. The minimum absolute atomic E-state index is 0.0973. The van der Waals surface area contributed by atoms with Crippen molar-refractivity contribution in [2.45, 2.75) is 25.3 Å². The number of ketones is 1. The number of anilines is 2. The molecule has 1 aromatic heterocycles. The molecule has 2 N–H and O–H groups in total. The van der Waals surface area contributed by atoms with E-state index >= 15 is 0 Å². The van der Waals surface area contributed by atoms with Gasteiger partial charge in [0.05, 0.1) is 6.20 Å². The second-order valence-corrected chi connectivity index (χ2v) is 8.48. The van der Waals surface area contributed by atoms with Crippen molar-refractivity contribution in [1.82, 2.24) is 9.78 Å². The zero-order valence-corrected chi connectivity index (χ0v) is 17.9. The Morgan fingerprint density at radius 3 is 2.61 bits per heavy atom. The van der Waals surface area contributed by atoms with Crippen molar-refractivity contribution in [2.24, 2.45) is 0 Å². The number of carbonyl (C=O) groups is 2. The Labute approximate surface area is 186 Å². The Morgan fingerprint density at radius 1 is 1.13 bits per heavy atom. The van der Waals surface area contributed by atoms with Gasteiger partial charge in [-0.25, -0.2) is 9.07 Å². The molecule has 0 spiro atoms. The molecule has 31 heavy (non-hydrogen) atoms. The number of halogens is 2. The summed E-state index contributed by atoms with van der Waals surface area (Å²) >= 11 is 3.45. The van der Waals surface area contributed by atoms with E-state index in [2.05, 4.69) is 31.7 Å². The molecule has 0 saturated carbocycles. The molecule has 6 nitrogen and oxygen atoms in total. The van der Waals surface area contributed by atoms with Crippen molar-refractivity contribution in [2.75, 3.05) is 10.6 Å². The quantitative estimate of drug-likeness (QED) is 0.549. The first-order chi connectivity index (χ1) is 15.0. The molecule has 2 aromatic carbocycles. The van der Waals surface area contributed by atoms with Crippen LogP contribution in [0, 0.1) is 5.82 Å². The van der Waals surface area contributed by atoms with Crippen LogP contribution in [-0.4, -0.2) is 21.5 Å². The van der Waals surface area contributed by atoms with E-state index in [1.807, 2.05) is 24.3 Å². The Bertz CT molecular complexity index is 1220. The van der Waals surface area contributed by atoms with Crippen molar-refractivity contribution in [1.29, 1.82) is 0 Å². The topological polar surface area (TPSA) is 76.0 Å². The molecule has 0 bridgehead atoms. The molecule has 0 fully saturated rings. The third-order valence-electron chi connectivity index (χ3n) is 5.57. The van der Waals surface area contributed by atoms with E-state index in [1.54, 1.807) is 4.68 Å². The highest BCUT2D eigenvalue weighted by molar-refractivity contribution is 9.10. The lowest BCUT2D eigenvalue weighted by Crippen LogP contribution is -2.32. The van der Waals surface area contributed by atoms with Gasteiger partial charge in [-0.1, -0.05) is 28.1 Å². The highest BCUT2D eigenvalue weighted by Gasteiger charge is 2.37. The number of Topliss-reactive ketones (excluding diaryl/α,β-unsaturated/α-hetero) is 1. The summed E-state index contributed by atoms with van der Waals surface area (Å²) in [5, 5.41) is 10.5. The number of hydrogen-bond donors (Lipinski definition) is 2. The summed E-state index contributed by atoms with van der Waals surface area (Å²) in [4.78, 5) is 25.8. The van der Waals surface area contributed by atoms with Crippen LogP contribution in [0.3, 0.4) is 0 Å². The minimum atomic E-state index is -0.403. The summed E-state index contributed by atoms with van der Waals surface area (Å²) in [6.07, 6.45) is 3.50. The minimum Gasteiger partial charge on any atom is -0.343 e. The van der Waals surface area contributed by atoms with Crippen LogP contribution in [0.25, 0.3) is 0 Å². The molecule has 5 rings (SSSR count). The van der Waals surface area contributed by atoms with Crippen LogP contribution in [0.4, 0.5) is 15.9 Å². The standard InChI is InChI=1S/C23H18BrFN4O2/c24-14-6-4-13(5-7-14)21-20-18(2-1-3-19(20)30)28-22-17(12-26-29(21)22)23(31)27-16-10-8-15(25)9-11-16/h4-12,21,28H,1-3H2,(H,27,31)/t21-/m0/s1. The Morgan fingerprint density at radius 2 is 1.87 bits per heavy atom. The van der Waals surface area contributed by atoms with Gasteiger partial charge in [0.1, 0.15) is 23.2 Å². The number of nitrogens with one attached hydrogen (secondary N) is 2. The normalized spacial score (nSPS) is 17.6. The van der Waals surface area contributed by atoms with Crippen LogP contribution in [0.15, 0.2) is 70.5 Å². The van der Waals surface area contributed by atoms with Gasteiger partial charge in [-0.3, -0.25) is 9.59 Å². The molecule has 0 radical (unpaired) electrons. The Hall–Kier alpha value is -3.26. The molecule has 3 aromatic rings. The van der Waals surface area contributed by atoms with E-state index in [-0.39, 0.29) is 17.5 Å². The molecule has 1 amide bonds. The lowest BCUT2D eigenvalue weighted by atomic mass is 9.85. The first kappa shape index (κ1) is 19.7. The van der Waals surface area contributed by atoms with Crippen molar-refractivity contribution in [3.63, 3.8) is 0 Å². The fraction of sp³-hybridized carbons (Fsp3) is 0.174. The third kappa shape index (κ3) is 3.57. The number of allylic oxidation sites excluding steroid dienone is 2. The van der Waals surface area contributed by atoms with E-state index in [0.717, 1.165) is 28.6 Å². The van der Waals surface area contributed by atoms with Gasteiger partial charge in [0, 0.05) is 27.9 Å². The number of carbonyl (C=O) groups excluding carboxylic acids is 2. The Balaban J connectivity index is 1.56. The molecular weight excluding hydrogens is 463 g/mol. The number of benzene rings is 2. The highest BCUT2D eigenvalue weighted by atomic mass is 79.9. The molecule has 0 saturated heterocycles. The van der Waals surface area contributed by atoms with E-state index in [9.17, 15) is 14.0 Å². The van der Waals surface area contributed by atoms with E-state index < -0.39 is 6.04 Å². The second-order valence-electron chi connectivity index (χ2n) is 7.56. The molecule has 0 unspecified atom stereocenters. The average Bonchev–Trinajstić information content (AvgIpc) is 3.18. The summed E-state index contributed by atoms with van der Waals surface area (Å²) in [7, 11) is 0. The summed E-state index contributed by atoms with van der Waals surface area (Å²) in [6, 6.07) is 12.9. The maximum atomic E-state index is 13.2. The number of rotatable bonds is 3. The van der Waals surface area contributed by atoms with Gasteiger partial charge in [-0.2, -0.15) is 5.10 Å². The molecule has 156 valence electrons. The average molecular weight is 481 g/mol. The number of amides is 1. The van der Waals surface area contributed by atoms with E-state index in [1.165, 1.54) is 30.5 Å². The van der Waals surface area contributed by atoms with Crippen molar-refractivity contribution < 1.29 is 14.0 Å². The van der Waals surface area contributed by atoms with Gasteiger partial charge in [0.15, 0.2) is 5.78 Å². The monoisotopic (exact) mass is 480 g/mol. The predicted molar refractivity (Wildman–Crippen MR) is 118 cm³/mol. The molecular formula is C23H18BrFN4O2. The molecule has 8 heteroatoms. The van der Waals surface area contributed by atoms with Gasteiger partial charge >= 0.3 is 0 Å². The van der Waals surface area contributed by atoms with Crippen molar-refractivity contribution in [3.05, 3.63) is 87.4 Å². The number of fused-ring (bicyclic) bond motifs is 1. The molecule has 2 heterocycles. The SMILES string of the molecule is O=C1CCCC2=C1[C@H](c1ccc(Br)cc1)n1ncc(C(=O)Nc3ccc(F)cc3)c1N2. The third-order valence-corrected chi connectivity index (χ3v) is 6.10. The first-order valence-corrected chi connectivity index (χ1v) is 10.7. The van der Waals surface area contributed by atoms with Gasteiger partial charge in [0.2, 0.25) is 0 Å². The highest BCUT2D eigenvalue weighted by Crippen LogP contribution is 2.41. The lowest BCUT2D eigenvalue weighted by Gasteiger charge is -2.33. The van der Waals surface area contributed by atoms with Gasteiger partial charge in [-0.15, -0.1) is 0 Å². The summed E-state index contributed by atoms with van der Waals surface area (Å²) in [5.41, 5.74) is 3.31. The summed E-state index contributed by atoms with van der Waals surface area (Å²) in [5.74, 6) is -0.0939. The number of hydrogen-bond acceptors (Lipinski definition) is 4. The zero-order valence-electron chi connectivity index (χ0n) is 16.4. The van der Waals surface area contributed by atoms with E-state index in [0.29, 0.717) is 29.1 Å². The van der Waals surface area contributed by atoms with Crippen LogP contribution in [0.2, 0.25) is 0 Å². The zero-order chi connectivity index (χ0) is 21.5. The Kier molecular flexibility index (Phi) is 4.94. The van der Waals surface area contributed by atoms with Crippen LogP contribution in [-0.2, 0) is 4.79 Å². The molecule has 1 aliphatic carbocycles. The summed E-state index contributed by atoms with van der Waals surface area (Å²) < 4.78 is 15.8. The fourth-order valence-corrected chi connectivity index (χ4v) is 4.37. The van der Waals surface area contributed by atoms with Crippen molar-refractivity contribution in [3.8, 4) is 0 Å². The van der Waals surface area contributed by atoms with Crippen LogP contribution in [0.5, 0.6) is 0 Å². The van der Waals surface area contributed by atoms with Crippen LogP contribution >= 0.6 is 15.9 Å². The maximum Gasteiger partial charge on any atom is 0.261 e. The number of aromatic nitrogens is 2. The smallest absolute Gasteiger partial charge is 0.261 e. The number of nitrogens with zero attached hydrogens (tertiary/aromatic N) is 2. The largest absolute Gasteiger partial charge is 0.343 e. The lowest BCUT2D eigenvalue weighted by molar-refractivity contribution is -0.116. The van der Waals surface area contributed by atoms with Gasteiger partial charge in [-0.05, 0) is 54.8 Å². The van der Waals surface area contributed by atoms with Gasteiger partial charge < -0.3 is 10.6 Å². The fourth-order valence-electron chi connectivity index (χ4n) is 4.11. The molecule has 2 aliphatic rings. The molecule has 1 aliphatic heterocycles. The second kappa shape index (κ2) is 7.77. The van der Waals surface area contributed by atoms with Crippen molar-refractivity contribution >= 4 is 39.1 Å². The van der Waals surface area contributed by atoms with Crippen LogP contribution < -0.4 is 10.6 Å².